The molecule has 178 valence electrons. The molecule has 1 saturated carbocycles. The smallest absolute Gasteiger partial charge is 0.307 e. The maximum absolute atomic E-state index is 11.3. The zero-order valence-electron chi connectivity index (χ0n) is 19.4. The van der Waals surface area contributed by atoms with Crippen LogP contribution in [-0.2, 0) is 17.8 Å². The Morgan fingerprint density at radius 3 is 2.60 bits per heavy atom. The summed E-state index contributed by atoms with van der Waals surface area (Å²) in [6, 6.07) is 21.6. The summed E-state index contributed by atoms with van der Waals surface area (Å²) in [6.45, 7) is 0.240. The van der Waals surface area contributed by atoms with Crippen LogP contribution in [0, 0.1) is 5.41 Å². The Morgan fingerprint density at radius 1 is 1.06 bits per heavy atom. The molecule has 1 aromatic heterocycles. The number of carboxylic acids is 1. The summed E-state index contributed by atoms with van der Waals surface area (Å²) in [6.07, 6.45) is 4.54. The van der Waals surface area contributed by atoms with Crippen LogP contribution < -0.4 is 10.5 Å². The zero-order chi connectivity index (χ0) is 24.4. The van der Waals surface area contributed by atoms with E-state index in [9.17, 15) is 9.90 Å². The van der Waals surface area contributed by atoms with E-state index in [2.05, 4.69) is 22.9 Å². The van der Waals surface area contributed by atoms with Gasteiger partial charge in [-0.15, -0.1) is 0 Å². The number of carbonyl (C=O) groups is 1. The van der Waals surface area contributed by atoms with Crippen molar-refractivity contribution in [3.8, 4) is 16.9 Å². The van der Waals surface area contributed by atoms with Gasteiger partial charge in [-0.3, -0.25) is 14.9 Å². The van der Waals surface area contributed by atoms with Gasteiger partial charge in [0.05, 0.1) is 18.0 Å². The predicted octanol–water partition coefficient (Wildman–Crippen LogP) is 5.31. The molecule has 4 aromatic rings. The van der Waals surface area contributed by atoms with E-state index in [4.69, 9.17) is 21.0 Å². The van der Waals surface area contributed by atoms with E-state index in [1.165, 1.54) is 12.8 Å². The Hall–Kier alpha value is -4.13. The van der Waals surface area contributed by atoms with Crippen molar-refractivity contribution in [1.29, 1.82) is 5.41 Å². The number of para-hydroxylation sites is 1. The summed E-state index contributed by atoms with van der Waals surface area (Å²) >= 11 is 0. The minimum atomic E-state index is -0.894. The van der Waals surface area contributed by atoms with E-state index >= 15 is 0 Å². The molecule has 1 heterocycles. The van der Waals surface area contributed by atoms with Gasteiger partial charge in [-0.2, -0.15) is 5.10 Å². The number of ether oxygens (including phenoxy) is 1. The number of hydrogen-bond donors (Lipinski definition) is 3. The molecule has 0 aliphatic heterocycles. The molecule has 3 aromatic carbocycles. The van der Waals surface area contributed by atoms with Gasteiger partial charge in [0.1, 0.15) is 23.9 Å². The topological polar surface area (TPSA) is 114 Å². The highest BCUT2D eigenvalue weighted by atomic mass is 16.5. The van der Waals surface area contributed by atoms with Crippen LogP contribution in [0.4, 0.5) is 0 Å². The lowest BCUT2D eigenvalue weighted by molar-refractivity contribution is -0.136. The first-order chi connectivity index (χ1) is 17.0. The van der Waals surface area contributed by atoms with Crippen LogP contribution in [-0.4, -0.2) is 26.7 Å². The number of nitrogen functional groups attached to an aromatic ring is 1. The summed E-state index contributed by atoms with van der Waals surface area (Å²) in [5.74, 6) is -0.297. The second kappa shape index (κ2) is 9.62. The standard InChI is InChI=1S/C28H28N4O3/c29-28(30)21-8-5-7-18(14-21)19-12-13-25-23(15-19)24(31-32(25)22-9-2-3-10-22)17-35-26-11-4-1-6-20(26)16-27(33)34/h1,4-8,11-15,22H,2-3,9-10,16-17H2,(H3,29,30)(H,33,34). The summed E-state index contributed by atoms with van der Waals surface area (Å²) in [7, 11) is 0. The highest BCUT2D eigenvalue weighted by Gasteiger charge is 2.22. The zero-order valence-corrected chi connectivity index (χ0v) is 19.4. The minimum Gasteiger partial charge on any atom is -0.487 e. The van der Waals surface area contributed by atoms with Crippen LogP contribution >= 0.6 is 0 Å². The number of benzene rings is 3. The number of rotatable bonds is 8. The summed E-state index contributed by atoms with van der Waals surface area (Å²) in [4.78, 5) is 11.3. The number of aliphatic carboxylic acids is 1. The van der Waals surface area contributed by atoms with E-state index in [-0.39, 0.29) is 18.9 Å². The SMILES string of the molecule is N=C(N)c1cccc(-c2ccc3c(c2)c(COc2ccccc2CC(=O)O)nn3C2CCCC2)c1. The Balaban J connectivity index is 1.53. The summed E-state index contributed by atoms with van der Waals surface area (Å²) in [5, 5.41) is 23.0. The number of amidine groups is 1. The monoisotopic (exact) mass is 468 g/mol. The third-order valence-electron chi connectivity index (χ3n) is 6.64. The fraction of sp³-hybridized carbons (Fsp3) is 0.250. The van der Waals surface area contributed by atoms with Crippen molar-refractivity contribution in [3.63, 3.8) is 0 Å². The Morgan fingerprint density at radius 2 is 1.83 bits per heavy atom. The molecular formula is C28H28N4O3. The lowest BCUT2D eigenvalue weighted by Crippen LogP contribution is -2.10. The molecule has 0 radical (unpaired) electrons. The fourth-order valence-corrected chi connectivity index (χ4v) is 4.88. The quantitative estimate of drug-likeness (QED) is 0.240. The van der Waals surface area contributed by atoms with Crippen LogP contribution in [0.15, 0.2) is 66.7 Å². The number of aromatic nitrogens is 2. The maximum atomic E-state index is 11.3. The fourth-order valence-electron chi connectivity index (χ4n) is 4.88. The minimum absolute atomic E-state index is 0.0381. The number of fused-ring (bicyclic) bond motifs is 1. The van der Waals surface area contributed by atoms with Crippen molar-refractivity contribution in [3.05, 3.63) is 83.6 Å². The molecule has 0 bridgehead atoms. The molecule has 1 aliphatic carbocycles. The van der Waals surface area contributed by atoms with Crippen LogP contribution in [0.3, 0.4) is 0 Å². The second-order valence-electron chi connectivity index (χ2n) is 9.02. The van der Waals surface area contributed by atoms with Crippen LogP contribution in [0.1, 0.15) is 48.5 Å². The van der Waals surface area contributed by atoms with Gasteiger partial charge < -0.3 is 15.6 Å². The highest BCUT2D eigenvalue weighted by molar-refractivity contribution is 5.96. The number of nitrogens with two attached hydrogens (primary N) is 1. The molecule has 0 saturated heterocycles. The molecule has 0 unspecified atom stereocenters. The van der Waals surface area contributed by atoms with Gasteiger partial charge in [-0.05, 0) is 48.2 Å². The van der Waals surface area contributed by atoms with E-state index < -0.39 is 5.97 Å². The van der Waals surface area contributed by atoms with Crippen molar-refractivity contribution < 1.29 is 14.6 Å². The molecule has 0 amide bonds. The van der Waals surface area contributed by atoms with Gasteiger partial charge in [0, 0.05) is 16.5 Å². The van der Waals surface area contributed by atoms with Crippen molar-refractivity contribution in [2.75, 3.05) is 0 Å². The van der Waals surface area contributed by atoms with E-state index in [1.54, 1.807) is 12.1 Å². The first-order valence-electron chi connectivity index (χ1n) is 11.9. The normalized spacial score (nSPS) is 13.8. The average molecular weight is 469 g/mol. The Labute approximate surface area is 203 Å². The molecule has 5 rings (SSSR count). The Bertz CT molecular complexity index is 1400. The van der Waals surface area contributed by atoms with E-state index in [0.29, 0.717) is 22.9 Å². The number of carboxylic acid groups (broad SMARTS) is 1. The average Bonchev–Trinajstić information content (AvgIpc) is 3.51. The van der Waals surface area contributed by atoms with Crippen LogP contribution in [0.25, 0.3) is 22.0 Å². The predicted molar refractivity (Wildman–Crippen MR) is 136 cm³/mol. The maximum Gasteiger partial charge on any atom is 0.307 e. The molecule has 1 aliphatic rings. The van der Waals surface area contributed by atoms with Gasteiger partial charge in [-0.1, -0.05) is 55.3 Å². The molecule has 7 nitrogen and oxygen atoms in total. The first-order valence-corrected chi connectivity index (χ1v) is 11.9. The lowest BCUT2D eigenvalue weighted by atomic mass is 10.0. The highest BCUT2D eigenvalue weighted by Crippen LogP contribution is 2.35. The molecular weight excluding hydrogens is 440 g/mol. The molecule has 0 atom stereocenters. The van der Waals surface area contributed by atoms with Gasteiger partial charge in [-0.25, -0.2) is 0 Å². The third kappa shape index (κ3) is 4.75. The van der Waals surface area contributed by atoms with Gasteiger partial charge in [0.2, 0.25) is 0 Å². The largest absolute Gasteiger partial charge is 0.487 e. The molecule has 4 N–H and O–H groups in total. The van der Waals surface area contributed by atoms with Gasteiger partial charge in [0.15, 0.2) is 0 Å². The number of hydrogen-bond acceptors (Lipinski definition) is 4. The first kappa shape index (κ1) is 22.7. The van der Waals surface area contributed by atoms with E-state index in [1.807, 2.05) is 36.4 Å². The van der Waals surface area contributed by atoms with Crippen LogP contribution in [0.5, 0.6) is 5.75 Å². The van der Waals surface area contributed by atoms with Gasteiger partial charge in [0.25, 0.3) is 0 Å². The van der Waals surface area contributed by atoms with Gasteiger partial charge >= 0.3 is 5.97 Å². The number of nitrogens with one attached hydrogen (secondary N) is 1. The van der Waals surface area contributed by atoms with Crippen molar-refractivity contribution >= 4 is 22.7 Å². The van der Waals surface area contributed by atoms with Crippen molar-refractivity contribution in [2.24, 2.45) is 5.73 Å². The molecule has 0 spiro atoms. The third-order valence-corrected chi connectivity index (χ3v) is 6.64. The van der Waals surface area contributed by atoms with Crippen molar-refractivity contribution in [1.82, 2.24) is 9.78 Å². The lowest BCUT2D eigenvalue weighted by Gasteiger charge is -2.11. The Kier molecular flexibility index (Phi) is 6.23. The summed E-state index contributed by atoms with van der Waals surface area (Å²) < 4.78 is 8.26. The second-order valence-corrected chi connectivity index (χ2v) is 9.02. The molecule has 7 heteroatoms. The van der Waals surface area contributed by atoms with Crippen molar-refractivity contribution in [2.45, 2.75) is 44.8 Å². The number of nitrogens with zero attached hydrogens (tertiary/aromatic N) is 2. The van der Waals surface area contributed by atoms with E-state index in [0.717, 1.165) is 40.6 Å². The molecule has 1 fully saturated rings. The molecule has 35 heavy (non-hydrogen) atoms. The van der Waals surface area contributed by atoms with Crippen LogP contribution in [0.2, 0.25) is 0 Å². The summed E-state index contributed by atoms with van der Waals surface area (Å²) in [5.41, 5.74) is 10.9.